The van der Waals surface area contributed by atoms with Crippen LogP contribution in [0.15, 0.2) is 108 Å². The second-order valence-electron chi connectivity index (χ2n) is 10.3. The van der Waals surface area contributed by atoms with Crippen LogP contribution >= 0.6 is 0 Å². The molecule has 0 aliphatic carbocycles. The first-order valence-corrected chi connectivity index (χ1v) is 15.5. The van der Waals surface area contributed by atoms with Gasteiger partial charge in [0.15, 0.2) is 0 Å². The number of alkyl halides is 3. The van der Waals surface area contributed by atoms with E-state index in [0.29, 0.717) is 23.3 Å². The number of carbonyl (C=O) groups excluding carboxylic acids is 1. The second-order valence-corrected chi connectivity index (χ2v) is 12.1. The van der Waals surface area contributed by atoms with Crippen LogP contribution in [0.1, 0.15) is 32.6 Å². The summed E-state index contributed by atoms with van der Waals surface area (Å²) in [6.45, 7) is 0.112. The summed E-state index contributed by atoms with van der Waals surface area (Å²) in [6.07, 6.45) is -5.01. The number of carbonyl (C=O) groups is 1. The maximum absolute atomic E-state index is 13.3. The molecule has 4 N–H and O–H groups in total. The fraction of sp³-hybridized carbons (Fsp3) is 0.242. The quantitative estimate of drug-likeness (QED) is 0.164. The number of hydrogen-bond donors (Lipinski definition) is 3. The highest BCUT2D eigenvalue weighted by molar-refractivity contribution is 7.89. The van der Waals surface area contributed by atoms with E-state index in [1.807, 2.05) is 30.3 Å². The van der Waals surface area contributed by atoms with Crippen molar-refractivity contribution in [2.75, 3.05) is 13.7 Å². The second kappa shape index (κ2) is 15.2. The highest BCUT2D eigenvalue weighted by Crippen LogP contribution is 2.29. The Kier molecular flexibility index (Phi) is 11.3. The molecular formula is C33H34F3N3O5S. The number of methoxy groups -OCH3 is 1. The van der Waals surface area contributed by atoms with Crippen LogP contribution in [0.25, 0.3) is 0 Å². The van der Waals surface area contributed by atoms with Gasteiger partial charge >= 0.3 is 12.1 Å². The molecule has 0 saturated heterocycles. The molecule has 0 bridgehead atoms. The van der Waals surface area contributed by atoms with Crippen molar-refractivity contribution in [3.63, 3.8) is 0 Å². The van der Waals surface area contributed by atoms with E-state index < -0.39 is 39.9 Å². The Morgan fingerprint density at radius 2 is 1.51 bits per heavy atom. The van der Waals surface area contributed by atoms with Gasteiger partial charge in [0.1, 0.15) is 11.9 Å². The maximum Gasteiger partial charge on any atom is 0.416 e. The standard InChI is InChI=1S/C33H34F3N3O5S/c1-43-28-14-6-11-25(17-28)21-39-45(41,42)29-15-7-12-26(19-29)32(40)44-31(30(37)18-23-8-3-2-4-9-23)22-38-20-24-10-5-13-27(16-24)33(34,35)36/h2-17,19,30-31,38-39H,18,20-22,37H2,1H3/t30-,31-/m0/s1. The Labute approximate surface area is 260 Å². The lowest BCUT2D eigenvalue weighted by Crippen LogP contribution is -2.46. The van der Waals surface area contributed by atoms with Gasteiger partial charge in [-0.15, -0.1) is 0 Å². The van der Waals surface area contributed by atoms with Gasteiger partial charge in [-0.25, -0.2) is 17.9 Å². The highest BCUT2D eigenvalue weighted by Gasteiger charge is 2.30. The zero-order valence-electron chi connectivity index (χ0n) is 24.5. The Hall–Kier alpha value is -4.23. The lowest BCUT2D eigenvalue weighted by Gasteiger charge is -2.25. The SMILES string of the molecule is COc1cccc(CNS(=O)(=O)c2cccc(C(=O)O[C@@H](CNCc3cccc(C(F)(F)F)c3)[C@@H](N)Cc3ccccc3)c2)c1. The van der Waals surface area contributed by atoms with Crippen molar-refractivity contribution in [2.45, 2.75) is 42.7 Å². The Balaban J connectivity index is 1.46. The minimum absolute atomic E-state index is 0.00215. The molecule has 238 valence electrons. The van der Waals surface area contributed by atoms with E-state index in [1.54, 1.807) is 30.3 Å². The minimum atomic E-state index is -4.47. The first-order chi connectivity index (χ1) is 21.4. The van der Waals surface area contributed by atoms with Crippen LogP contribution in [0.5, 0.6) is 5.75 Å². The molecule has 0 fully saturated rings. The third-order valence-electron chi connectivity index (χ3n) is 6.96. The van der Waals surface area contributed by atoms with Crippen molar-refractivity contribution in [3.05, 3.63) is 131 Å². The van der Waals surface area contributed by atoms with Crippen molar-refractivity contribution < 1.29 is 35.9 Å². The molecule has 12 heteroatoms. The summed E-state index contributed by atoms with van der Waals surface area (Å²) in [5.41, 5.74) is 7.68. The van der Waals surface area contributed by atoms with Crippen LogP contribution in [0.3, 0.4) is 0 Å². The van der Waals surface area contributed by atoms with Crippen LogP contribution in [0, 0.1) is 0 Å². The fourth-order valence-electron chi connectivity index (χ4n) is 4.55. The van der Waals surface area contributed by atoms with Gasteiger partial charge in [-0.1, -0.05) is 66.7 Å². The Morgan fingerprint density at radius 1 is 0.844 bits per heavy atom. The summed E-state index contributed by atoms with van der Waals surface area (Å²) >= 11 is 0. The summed E-state index contributed by atoms with van der Waals surface area (Å²) in [4.78, 5) is 13.1. The number of rotatable bonds is 14. The average molecular weight is 642 g/mol. The van der Waals surface area contributed by atoms with E-state index in [1.165, 1.54) is 37.4 Å². The summed E-state index contributed by atoms with van der Waals surface area (Å²) in [5, 5.41) is 3.04. The first-order valence-electron chi connectivity index (χ1n) is 14.0. The molecule has 4 aromatic rings. The van der Waals surface area contributed by atoms with E-state index in [0.717, 1.165) is 17.7 Å². The first kappa shape index (κ1) is 33.7. The van der Waals surface area contributed by atoms with Crippen molar-refractivity contribution in [1.29, 1.82) is 0 Å². The van der Waals surface area contributed by atoms with Crippen molar-refractivity contribution >= 4 is 16.0 Å². The fourth-order valence-corrected chi connectivity index (χ4v) is 5.62. The van der Waals surface area contributed by atoms with Gasteiger partial charge in [-0.2, -0.15) is 13.2 Å². The van der Waals surface area contributed by atoms with Crippen LogP contribution in [-0.2, 0) is 40.4 Å². The highest BCUT2D eigenvalue weighted by atomic mass is 32.2. The van der Waals surface area contributed by atoms with Crippen molar-refractivity contribution in [3.8, 4) is 5.75 Å². The third-order valence-corrected chi connectivity index (χ3v) is 8.36. The molecule has 0 unspecified atom stereocenters. The number of sulfonamides is 1. The van der Waals surface area contributed by atoms with Crippen molar-refractivity contribution in [1.82, 2.24) is 10.0 Å². The van der Waals surface area contributed by atoms with Gasteiger partial charge < -0.3 is 20.5 Å². The molecule has 0 aromatic heterocycles. The van der Waals surface area contributed by atoms with Crippen LogP contribution < -0.4 is 20.5 Å². The predicted octanol–water partition coefficient (Wildman–Crippen LogP) is 5.08. The Bertz CT molecular complexity index is 1680. The van der Waals surface area contributed by atoms with Crippen LogP contribution in [0.2, 0.25) is 0 Å². The zero-order chi connectivity index (χ0) is 32.5. The summed E-state index contributed by atoms with van der Waals surface area (Å²) in [6, 6.07) is 25.9. The minimum Gasteiger partial charge on any atom is -0.497 e. The van der Waals surface area contributed by atoms with E-state index in [-0.39, 0.29) is 30.1 Å². The average Bonchev–Trinajstić information content (AvgIpc) is 3.03. The molecule has 0 spiro atoms. The molecule has 0 aliphatic heterocycles. The summed E-state index contributed by atoms with van der Waals surface area (Å²) in [5.74, 6) is -0.213. The van der Waals surface area contributed by atoms with E-state index in [9.17, 15) is 26.4 Å². The predicted molar refractivity (Wildman–Crippen MR) is 164 cm³/mol. The van der Waals surface area contributed by atoms with Crippen LogP contribution in [0.4, 0.5) is 13.2 Å². The largest absolute Gasteiger partial charge is 0.497 e. The van der Waals surface area contributed by atoms with Crippen LogP contribution in [-0.4, -0.2) is 40.2 Å². The molecule has 8 nitrogen and oxygen atoms in total. The van der Waals surface area contributed by atoms with E-state index in [4.69, 9.17) is 15.2 Å². The normalized spacial score (nSPS) is 13.2. The summed E-state index contributed by atoms with van der Waals surface area (Å²) in [7, 11) is -2.48. The molecule has 0 heterocycles. The van der Waals surface area contributed by atoms with E-state index in [2.05, 4.69) is 10.0 Å². The smallest absolute Gasteiger partial charge is 0.416 e. The lowest BCUT2D eigenvalue weighted by molar-refractivity contribution is -0.137. The molecule has 0 aliphatic rings. The summed E-state index contributed by atoms with van der Waals surface area (Å²) < 4.78 is 79.0. The monoisotopic (exact) mass is 641 g/mol. The number of nitrogens with two attached hydrogens (primary N) is 1. The van der Waals surface area contributed by atoms with Gasteiger partial charge in [0, 0.05) is 25.7 Å². The molecule has 45 heavy (non-hydrogen) atoms. The number of benzene rings is 4. The third kappa shape index (κ3) is 9.88. The molecule has 0 saturated carbocycles. The molecule has 4 aromatic carbocycles. The van der Waals surface area contributed by atoms with Gasteiger partial charge in [0.2, 0.25) is 10.0 Å². The van der Waals surface area contributed by atoms with Crippen molar-refractivity contribution in [2.24, 2.45) is 5.73 Å². The number of halogens is 3. The lowest BCUT2D eigenvalue weighted by atomic mass is 10.0. The molecule has 2 atom stereocenters. The van der Waals surface area contributed by atoms with Gasteiger partial charge in [-0.3, -0.25) is 0 Å². The van der Waals surface area contributed by atoms with Gasteiger partial charge in [0.05, 0.1) is 23.1 Å². The Morgan fingerprint density at radius 3 is 2.22 bits per heavy atom. The maximum atomic E-state index is 13.3. The molecule has 0 amide bonds. The van der Waals surface area contributed by atoms with Gasteiger partial charge in [-0.05, 0) is 59.5 Å². The number of nitrogens with one attached hydrogen (secondary N) is 2. The van der Waals surface area contributed by atoms with Gasteiger partial charge in [0.25, 0.3) is 0 Å². The molecule has 0 radical (unpaired) electrons. The van der Waals surface area contributed by atoms with E-state index >= 15 is 0 Å². The number of ether oxygens (including phenoxy) is 2. The zero-order valence-corrected chi connectivity index (χ0v) is 25.3. The number of hydrogen-bond acceptors (Lipinski definition) is 7. The number of esters is 1. The molecule has 4 rings (SSSR count). The topological polar surface area (TPSA) is 120 Å². The molecular weight excluding hydrogens is 607 g/mol.